The number of benzene rings is 3. The van der Waals surface area contributed by atoms with Crippen molar-refractivity contribution in [1.82, 2.24) is 9.97 Å². The van der Waals surface area contributed by atoms with E-state index in [0.29, 0.717) is 16.6 Å². The summed E-state index contributed by atoms with van der Waals surface area (Å²) in [5.74, 6) is 0.166. The molecule has 2 amide bonds. The fraction of sp³-hybridized carbons (Fsp3) is 0.125. The van der Waals surface area contributed by atoms with Gasteiger partial charge in [-0.15, -0.1) is 0 Å². The molecule has 5 rings (SSSR count). The zero-order valence-electron chi connectivity index (χ0n) is 17.3. The van der Waals surface area contributed by atoms with Crippen molar-refractivity contribution in [2.24, 2.45) is 0 Å². The summed E-state index contributed by atoms with van der Waals surface area (Å²) in [7, 11) is 1.43. The number of H-pyrrole nitrogens is 1. The molecule has 2 N–H and O–H groups in total. The number of carboxylic acid groups (broad SMARTS) is 1. The number of carbonyl (C=O) groups is 2. The third kappa shape index (κ3) is 2.90. The number of rotatable bonds is 3. The first kappa shape index (κ1) is 20.3. The van der Waals surface area contributed by atoms with Crippen LogP contribution in [0.5, 0.6) is 0 Å². The Balaban J connectivity index is 1.72. The van der Waals surface area contributed by atoms with Gasteiger partial charge in [-0.1, -0.05) is 46.3 Å². The van der Waals surface area contributed by atoms with Crippen LogP contribution in [-0.4, -0.2) is 34.1 Å². The maximum absolute atomic E-state index is 13.5. The minimum Gasteiger partial charge on any atom is -0.465 e. The van der Waals surface area contributed by atoms with Gasteiger partial charge in [0.25, 0.3) is 5.91 Å². The van der Waals surface area contributed by atoms with Gasteiger partial charge in [-0.05, 0) is 54.4 Å². The van der Waals surface area contributed by atoms with Crippen molar-refractivity contribution in [2.45, 2.75) is 12.5 Å². The number of hydrogen-bond acceptors (Lipinski definition) is 3. The first-order valence-electron chi connectivity index (χ1n) is 9.97. The topological polar surface area (TPSA) is 89.5 Å². The average molecular weight is 491 g/mol. The van der Waals surface area contributed by atoms with E-state index >= 15 is 0 Å². The number of amides is 2. The lowest BCUT2D eigenvalue weighted by Crippen LogP contribution is -2.42. The first-order valence-corrected chi connectivity index (χ1v) is 10.8. The van der Waals surface area contributed by atoms with Gasteiger partial charge in [-0.2, -0.15) is 0 Å². The molecular formula is C24H19BrN4O3. The van der Waals surface area contributed by atoms with Gasteiger partial charge in [0, 0.05) is 22.8 Å². The third-order valence-corrected chi connectivity index (χ3v) is 6.53. The Hall–Kier alpha value is -3.65. The van der Waals surface area contributed by atoms with Crippen LogP contribution in [0.1, 0.15) is 28.4 Å². The Morgan fingerprint density at radius 2 is 1.91 bits per heavy atom. The highest BCUT2D eigenvalue weighted by molar-refractivity contribution is 9.10. The Labute approximate surface area is 192 Å². The Morgan fingerprint density at radius 1 is 1.12 bits per heavy atom. The van der Waals surface area contributed by atoms with Crippen LogP contribution < -0.4 is 9.80 Å². The molecule has 4 aromatic rings. The Kier molecular flexibility index (Phi) is 4.56. The number of carbonyl (C=O) groups excluding carboxylic acids is 1. The maximum atomic E-state index is 13.5. The molecule has 160 valence electrons. The van der Waals surface area contributed by atoms with Crippen molar-refractivity contribution in [3.8, 4) is 0 Å². The number of nitrogens with one attached hydrogen (secondary N) is 1. The number of nitrogens with zero attached hydrogens (tertiary/aromatic N) is 3. The van der Waals surface area contributed by atoms with E-state index in [-0.39, 0.29) is 11.9 Å². The number of aromatic amines is 1. The molecule has 1 atom stereocenters. The Bertz CT molecular complexity index is 1400. The van der Waals surface area contributed by atoms with E-state index < -0.39 is 11.6 Å². The molecule has 0 spiro atoms. The summed E-state index contributed by atoms with van der Waals surface area (Å²) in [5.41, 5.74) is 3.80. The highest BCUT2D eigenvalue weighted by Gasteiger charge is 2.48. The molecule has 0 fully saturated rings. The van der Waals surface area contributed by atoms with Crippen molar-refractivity contribution in [3.05, 3.63) is 87.9 Å². The number of aromatic nitrogens is 2. The average Bonchev–Trinajstić information content (AvgIpc) is 3.30. The van der Waals surface area contributed by atoms with Gasteiger partial charge >= 0.3 is 6.09 Å². The van der Waals surface area contributed by atoms with Crippen molar-refractivity contribution < 1.29 is 14.7 Å². The van der Waals surface area contributed by atoms with E-state index in [2.05, 4.69) is 25.9 Å². The summed E-state index contributed by atoms with van der Waals surface area (Å²) in [6.07, 6.45) is -1.10. The third-order valence-electron chi connectivity index (χ3n) is 6.03. The van der Waals surface area contributed by atoms with Crippen LogP contribution in [0.2, 0.25) is 0 Å². The lowest BCUT2D eigenvalue weighted by Gasteiger charge is -2.37. The molecule has 3 aromatic carbocycles. The van der Waals surface area contributed by atoms with E-state index in [0.717, 1.165) is 26.2 Å². The van der Waals surface area contributed by atoms with Crippen LogP contribution in [-0.2, 0) is 5.54 Å². The summed E-state index contributed by atoms with van der Waals surface area (Å²) in [5, 5.41) is 9.27. The van der Waals surface area contributed by atoms with Crippen LogP contribution >= 0.6 is 15.9 Å². The van der Waals surface area contributed by atoms with Crippen molar-refractivity contribution in [2.75, 3.05) is 16.8 Å². The lowest BCUT2D eigenvalue weighted by molar-refractivity contribution is 0.0984. The standard InChI is InChI=1S/C24H19BrN4O3/c1-24(14-10-11-19-20(12-14)27-22(26-19)28(2)23(31)32)18-9-4-3-8-17(18)21(30)29(24)16-7-5-6-15(25)13-16/h3-13H,1-2H3,(H,26,27)(H,31,32). The SMILES string of the molecule is CN(C(=O)O)c1nc2ccc(C3(C)c4ccccc4C(=O)N3c3cccc(Br)c3)cc2[nH]1. The molecule has 0 bridgehead atoms. The Morgan fingerprint density at radius 3 is 2.66 bits per heavy atom. The molecule has 0 aliphatic carbocycles. The summed E-state index contributed by atoms with van der Waals surface area (Å²) in [6.45, 7) is 2.03. The lowest BCUT2D eigenvalue weighted by atomic mass is 9.84. The number of fused-ring (bicyclic) bond motifs is 2. The van der Waals surface area contributed by atoms with Gasteiger partial charge in [-0.25, -0.2) is 9.78 Å². The highest BCUT2D eigenvalue weighted by atomic mass is 79.9. The smallest absolute Gasteiger partial charge is 0.413 e. The van der Waals surface area contributed by atoms with Gasteiger partial charge in [0.15, 0.2) is 0 Å². The molecule has 1 aliphatic rings. The zero-order chi connectivity index (χ0) is 22.6. The van der Waals surface area contributed by atoms with E-state index in [1.165, 1.54) is 7.05 Å². The maximum Gasteiger partial charge on any atom is 0.413 e. The van der Waals surface area contributed by atoms with Crippen LogP contribution in [0.3, 0.4) is 0 Å². The van der Waals surface area contributed by atoms with Crippen LogP contribution in [0.15, 0.2) is 71.2 Å². The fourth-order valence-corrected chi connectivity index (χ4v) is 4.75. The molecule has 0 saturated carbocycles. The van der Waals surface area contributed by atoms with Crippen LogP contribution in [0, 0.1) is 0 Å². The molecule has 2 heterocycles. The molecule has 1 aromatic heterocycles. The number of hydrogen-bond donors (Lipinski definition) is 2. The van der Waals surface area contributed by atoms with Crippen LogP contribution in [0.25, 0.3) is 11.0 Å². The first-order chi connectivity index (χ1) is 15.3. The summed E-state index contributed by atoms with van der Waals surface area (Å²) in [4.78, 5) is 35.2. The molecule has 1 unspecified atom stereocenters. The molecule has 32 heavy (non-hydrogen) atoms. The van der Waals surface area contributed by atoms with Gasteiger partial charge in [0.05, 0.1) is 16.6 Å². The molecule has 1 aliphatic heterocycles. The van der Waals surface area contributed by atoms with Crippen molar-refractivity contribution >= 4 is 50.6 Å². The van der Waals surface area contributed by atoms with Gasteiger partial charge < -0.3 is 10.1 Å². The normalized spacial score (nSPS) is 17.6. The fourth-order valence-electron chi connectivity index (χ4n) is 4.36. The van der Waals surface area contributed by atoms with E-state index in [1.807, 2.05) is 78.6 Å². The van der Waals surface area contributed by atoms with Crippen molar-refractivity contribution in [3.63, 3.8) is 0 Å². The van der Waals surface area contributed by atoms with Gasteiger partial charge in [-0.3, -0.25) is 14.6 Å². The molecule has 8 heteroatoms. The summed E-state index contributed by atoms with van der Waals surface area (Å²) < 4.78 is 0.881. The number of imidazole rings is 1. The largest absolute Gasteiger partial charge is 0.465 e. The van der Waals surface area contributed by atoms with Gasteiger partial charge in [0.2, 0.25) is 5.95 Å². The van der Waals surface area contributed by atoms with Crippen molar-refractivity contribution in [1.29, 1.82) is 0 Å². The zero-order valence-corrected chi connectivity index (χ0v) is 18.9. The van der Waals surface area contributed by atoms with E-state index in [1.54, 1.807) is 0 Å². The summed E-state index contributed by atoms with van der Waals surface area (Å²) >= 11 is 3.51. The molecule has 7 nitrogen and oxygen atoms in total. The van der Waals surface area contributed by atoms with E-state index in [9.17, 15) is 14.7 Å². The molecule has 0 radical (unpaired) electrons. The quantitative estimate of drug-likeness (QED) is 0.404. The highest BCUT2D eigenvalue weighted by Crippen LogP contribution is 2.47. The predicted molar refractivity (Wildman–Crippen MR) is 126 cm³/mol. The molecule has 0 saturated heterocycles. The molecular weight excluding hydrogens is 472 g/mol. The second-order valence-corrected chi connectivity index (χ2v) is 8.79. The van der Waals surface area contributed by atoms with Crippen LogP contribution in [0.4, 0.5) is 16.4 Å². The number of anilines is 2. The van der Waals surface area contributed by atoms with E-state index in [4.69, 9.17) is 0 Å². The van der Waals surface area contributed by atoms with Gasteiger partial charge in [0.1, 0.15) is 0 Å². The minimum atomic E-state index is -1.10. The monoisotopic (exact) mass is 490 g/mol. The minimum absolute atomic E-state index is 0.0720. The summed E-state index contributed by atoms with van der Waals surface area (Å²) in [6, 6.07) is 21.0. The number of halogens is 1. The predicted octanol–water partition coefficient (Wildman–Crippen LogP) is 5.36. The second kappa shape index (κ2) is 7.20. The second-order valence-electron chi connectivity index (χ2n) is 7.87.